The van der Waals surface area contributed by atoms with Crippen LogP contribution in [0.1, 0.15) is 33.1 Å². The minimum atomic E-state index is 0. The van der Waals surface area contributed by atoms with Gasteiger partial charge in [0.05, 0.1) is 0 Å². The molecule has 15 heavy (non-hydrogen) atoms. The van der Waals surface area contributed by atoms with Gasteiger partial charge in [-0.2, -0.15) is 0 Å². The highest BCUT2D eigenvalue weighted by atomic mass is 35.5. The van der Waals surface area contributed by atoms with Crippen LogP contribution < -0.4 is 0 Å². The number of isocyanates is 2. The molecule has 0 aromatic rings. The highest BCUT2D eigenvalue weighted by Gasteiger charge is 1.85. The molecule has 0 aromatic heterocycles. The maximum absolute atomic E-state index is 8.35. The molecule has 0 aliphatic carbocycles. The van der Waals surface area contributed by atoms with Crippen molar-refractivity contribution in [2.75, 3.05) is 11.8 Å². The molecule has 90 valence electrons. The SMILES string of the molecule is C.ClCCCCCCCl.N=C=O.N=C=O. The maximum atomic E-state index is 8.35. The molecular formula is C9H18Cl2N2O2. The van der Waals surface area contributed by atoms with Crippen molar-refractivity contribution in [3.05, 3.63) is 0 Å². The molecule has 0 saturated heterocycles. The van der Waals surface area contributed by atoms with E-state index in [-0.39, 0.29) is 7.43 Å². The minimum absolute atomic E-state index is 0. The lowest BCUT2D eigenvalue weighted by atomic mass is 10.2. The van der Waals surface area contributed by atoms with E-state index < -0.39 is 0 Å². The number of alkyl halides is 2. The molecule has 0 unspecified atom stereocenters. The molecule has 0 aromatic carbocycles. The number of nitrogens with one attached hydrogen (secondary N) is 2. The highest BCUT2D eigenvalue weighted by Crippen LogP contribution is 2.01. The molecule has 6 heteroatoms. The predicted molar refractivity (Wildman–Crippen MR) is 63.5 cm³/mol. The number of carbonyl (C=O) groups excluding carboxylic acids is 2. The summed E-state index contributed by atoms with van der Waals surface area (Å²) < 4.78 is 0. The van der Waals surface area contributed by atoms with Gasteiger partial charge >= 0.3 is 0 Å². The highest BCUT2D eigenvalue weighted by molar-refractivity contribution is 6.18. The van der Waals surface area contributed by atoms with Crippen LogP contribution >= 0.6 is 23.2 Å². The van der Waals surface area contributed by atoms with Gasteiger partial charge in [-0.15, -0.1) is 23.2 Å². The first-order valence-electron chi connectivity index (χ1n) is 3.94. The van der Waals surface area contributed by atoms with Gasteiger partial charge in [0.1, 0.15) is 0 Å². The van der Waals surface area contributed by atoms with Crippen LogP contribution in [-0.4, -0.2) is 23.9 Å². The summed E-state index contributed by atoms with van der Waals surface area (Å²) in [6.45, 7) is 0. The van der Waals surface area contributed by atoms with Crippen molar-refractivity contribution in [1.29, 1.82) is 10.8 Å². The lowest BCUT2D eigenvalue weighted by Gasteiger charge is -1.92. The average molecular weight is 257 g/mol. The monoisotopic (exact) mass is 256 g/mol. The van der Waals surface area contributed by atoms with Crippen molar-refractivity contribution in [3.63, 3.8) is 0 Å². The molecule has 4 nitrogen and oxygen atoms in total. The molecule has 0 aliphatic heterocycles. The molecule has 0 rings (SSSR count). The van der Waals surface area contributed by atoms with Gasteiger partial charge in [0.25, 0.3) is 0 Å². The Bertz CT molecular complexity index is 136. The van der Waals surface area contributed by atoms with Gasteiger partial charge in [-0.1, -0.05) is 20.3 Å². The summed E-state index contributed by atoms with van der Waals surface area (Å²) in [5.74, 6) is 1.59. The second-order valence-electron chi connectivity index (χ2n) is 2.00. The van der Waals surface area contributed by atoms with Crippen LogP contribution in [0.2, 0.25) is 0 Å². The van der Waals surface area contributed by atoms with Crippen molar-refractivity contribution in [2.24, 2.45) is 0 Å². The lowest BCUT2D eigenvalue weighted by molar-refractivity contribution is 0.562. The first-order valence-corrected chi connectivity index (χ1v) is 5.01. The third-order valence-corrected chi connectivity index (χ3v) is 1.55. The van der Waals surface area contributed by atoms with Gasteiger partial charge in [-0.05, 0) is 12.8 Å². The Morgan fingerprint density at radius 2 is 1.00 bits per heavy atom. The van der Waals surface area contributed by atoms with E-state index in [0.717, 1.165) is 36.8 Å². The molecule has 0 amide bonds. The smallest absolute Gasteiger partial charge is 0.222 e. The fourth-order valence-corrected chi connectivity index (χ4v) is 0.921. The quantitative estimate of drug-likeness (QED) is 0.342. The Kier molecular flexibility index (Phi) is 60.0. The standard InChI is InChI=1S/C6H12Cl2.2CHNO.CH4/c7-5-3-1-2-4-6-8;2*2-1-3;/h1-6H2;2*2H;1H4. The average Bonchev–Trinajstić information content (AvgIpc) is 2.15. The first-order chi connectivity index (χ1) is 6.74. The van der Waals surface area contributed by atoms with Crippen LogP contribution in [0, 0.1) is 10.8 Å². The molecule has 0 fully saturated rings. The van der Waals surface area contributed by atoms with E-state index in [9.17, 15) is 0 Å². The number of rotatable bonds is 5. The molecule has 0 aliphatic rings. The number of hydrogen-bond acceptors (Lipinski definition) is 4. The number of hydrogen-bond donors (Lipinski definition) is 2. The third kappa shape index (κ3) is 91.1. The van der Waals surface area contributed by atoms with Gasteiger partial charge in [-0.25, -0.2) is 20.4 Å². The maximum Gasteiger partial charge on any atom is 0.231 e. The predicted octanol–water partition coefficient (Wildman–Crippen LogP) is 3.46. The van der Waals surface area contributed by atoms with Gasteiger partial charge in [-0.3, -0.25) is 0 Å². The fourth-order valence-electron chi connectivity index (χ4n) is 0.543. The van der Waals surface area contributed by atoms with Gasteiger partial charge < -0.3 is 0 Å². The number of unbranched alkanes of at least 4 members (excludes halogenated alkanes) is 3. The van der Waals surface area contributed by atoms with E-state index in [1.54, 1.807) is 0 Å². The topological polar surface area (TPSA) is 81.8 Å². The molecule has 0 atom stereocenters. The van der Waals surface area contributed by atoms with Crippen molar-refractivity contribution in [2.45, 2.75) is 33.1 Å². The van der Waals surface area contributed by atoms with E-state index in [1.165, 1.54) is 12.8 Å². The van der Waals surface area contributed by atoms with Crippen LogP contribution in [0.4, 0.5) is 0 Å². The molecule has 0 saturated carbocycles. The summed E-state index contributed by atoms with van der Waals surface area (Å²) >= 11 is 10.9. The van der Waals surface area contributed by atoms with Crippen molar-refractivity contribution in [3.8, 4) is 0 Å². The Labute approximate surface area is 101 Å². The van der Waals surface area contributed by atoms with Gasteiger partial charge in [0, 0.05) is 11.8 Å². The number of halogens is 2. The zero-order chi connectivity index (χ0) is 11.7. The first kappa shape index (κ1) is 23.9. The van der Waals surface area contributed by atoms with Gasteiger partial charge in [0.2, 0.25) is 12.2 Å². The van der Waals surface area contributed by atoms with Crippen LogP contribution in [0.15, 0.2) is 0 Å². The fraction of sp³-hybridized carbons (Fsp3) is 0.778. The van der Waals surface area contributed by atoms with Crippen LogP contribution in [0.5, 0.6) is 0 Å². The zero-order valence-corrected chi connectivity index (χ0v) is 9.33. The zero-order valence-electron chi connectivity index (χ0n) is 7.82. The largest absolute Gasteiger partial charge is 0.231 e. The normalized spacial score (nSPS) is 6.27. The van der Waals surface area contributed by atoms with E-state index in [1.807, 2.05) is 0 Å². The summed E-state index contributed by atoms with van der Waals surface area (Å²) in [5.41, 5.74) is 0. The Balaban J connectivity index is -0.0000000733. The van der Waals surface area contributed by atoms with Crippen LogP contribution in [0.3, 0.4) is 0 Å². The second-order valence-corrected chi connectivity index (χ2v) is 2.75. The van der Waals surface area contributed by atoms with E-state index in [2.05, 4.69) is 0 Å². The van der Waals surface area contributed by atoms with E-state index in [0.29, 0.717) is 0 Å². The molecular weight excluding hydrogens is 239 g/mol. The Morgan fingerprint density at radius 1 is 0.800 bits per heavy atom. The summed E-state index contributed by atoms with van der Waals surface area (Å²) in [4.78, 5) is 16.7. The third-order valence-electron chi connectivity index (χ3n) is 1.02. The van der Waals surface area contributed by atoms with Crippen molar-refractivity contribution in [1.82, 2.24) is 0 Å². The van der Waals surface area contributed by atoms with Crippen molar-refractivity contribution < 1.29 is 9.59 Å². The Hall–Kier alpha value is -0.660. The second kappa shape index (κ2) is 37.7. The molecule has 0 spiro atoms. The summed E-state index contributed by atoms with van der Waals surface area (Å²) in [5, 5.41) is 10.8. The molecule has 0 heterocycles. The van der Waals surface area contributed by atoms with E-state index in [4.69, 9.17) is 43.6 Å². The van der Waals surface area contributed by atoms with Crippen LogP contribution in [-0.2, 0) is 9.59 Å². The molecule has 0 bridgehead atoms. The summed E-state index contributed by atoms with van der Waals surface area (Å²) in [6, 6.07) is 0. The summed E-state index contributed by atoms with van der Waals surface area (Å²) in [6.07, 6.45) is 6.24. The van der Waals surface area contributed by atoms with Gasteiger partial charge in [0.15, 0.2) is 0 Å². The van der Waals surface area contributed by atoms with E-state index >= 15 is 0 Å². The van der Waals surface area contributed by atoms with Crippen LogP contribution in [0.25, 0.3) is 0 Å². The lowest BCUT2D eigenvalue weighted by Crippen LogP contribution is -1.78. The molecule has 2 N–H and O–H groups in total. The molecule has 0 radical (unpaired) electrons. The Morgan fingerprint density at radius 3 is 1.13 bits per heavy atom. The van der Waals surface area contributed by atoms with Crippen molar-refractivity contribution >= 4 is 35.4 Å². The minimum Gasteiger partial charge on any atom is -0.222 e. The summed E-state index contributed by atoms with van der Waals surface area (Å²) in [7, 11) is 0.